The number of imidazole rings is 1. The van der Waals surface area contributed by atoms with Crippen molar-refractivity contribution in [3.63, 3.8) is 0 Å². The molecule has 3 heterocycles. The van der Waals surface area contributed by atoms with Crippen molar-refractivity contribution in [1.82, 2.24) is 24.9 Å². The van der Waals surface area contributed by atoms with Gasteiger partial charge in [0.1, 0.15) is 11.3 Å². The number of hydrogen-bond donors (Lipinski definition) is 2. The molecule has 0 bridgehead atoms. The maximum Gasteiger partial charge on any atom is 0.250 e. The monoisotopic (exact) mass is 270 g/mol. The Morgan fingerprint density at radius 3 is 2.90 bits per heavy atom. The number of aromatic amines is 1. The Kier molecular flexibility index (Phi) is 3.16. The first-order valence-electron chi connectivity index (χ1n) is 6.31. The first kappa shape index (κ1) is 12.3. The molecule has 0 saturated heterocycles. The molecule has 0 amide bonds. The molecule has 102 valence electrons. The Balaban J connectivity index is 2.00. The van der Waals surface area contributed by atoms with Gasteiger partial charge in [-0.2, -0.15) is 9.97 Å². The quantitative estimate of drug-likeness (QED) is 0.756. The zero-order valence-electron chi connectivity index (χ0n) is 11.2. The van der Waals surface area contributed by atoms with E-state index in [4.69, 9.17) is 4.74 Å². The second kappa shape index (κ2) is 5.12. The van der Waals surface area contributed by atoms with E-state index in [0.717, 1.165) is 12.2 Å². The molecule has 0 saturated carbocycles. The molecule has 0 radical (unpaired) electrons. The smallest absolute Gasteiger partial charge is 0.250 e. The molecular formula is C13H14N6O. The first-order chi connectivity index (χ1) is 9.76. The number of aromatic nitrogens is 5. The average molecular weight is 270 g/mol. The van der Waals surface area contributed by atoms with Gasteiger partial charge in [0.15, 0.2) is 5.65 Å². The molecule has 0 aromatic carbocycles. The minimum absolute atomic E-state index is 0.425. The van der Waals surface area contributed by atoms with E-state index in [-0.39, 0.29) is 0 Å². The summed E-state index contributed by atoms with van der Waals surface area (Å²) in [6, 6.07) is 3.73. The first-order valence-corrected chi connectivity index (χ1v) is 6.31. The molecule has 0 unspecified atom stereocenters. The van der Waals surface area contributed by atoms with Gasteiger partial charge < -0.3 is 15.0 Å². The summed E-state index contributed by atoms with van der Waals surface area (Å²) in [5.41, 5.74) is 2.15. The van der Waals surface area contributed by atoms with E-state index in [1.54, 1.807) is 12.5 Å². The molecule has 0 aliphatic heterocycles. The summed E-state index contributed by atoms with van der Waals surface area (Å²) in [4.78, 5) is 19.9. The number of pyridine rings is 1. The lowest BCUT2D eigenvalue weighted by atomic mass is 10.4. The second-order valence-corrected chi connectivity index (χ2v) is 4.22. The van der Waals surface area contributed by atoms with Crippen molar-refractivity contribution < 1.29 is 4.74 Å². The van der Waals surface area contributed by atoms with Crippen molar-refractivity contribution in [3.05, 3.63) is 30.4 Å². The minimum Gasteiger partial charge on any atom is -0.435 e. The van der Waals surface area contributed by atoms with Crippen molar-refractivity contribution in [2.24, 2.45) is 0 Å². The number of rotatable bonds is 4. The highest BCUT2D eigenvalue weighted by Crippen LogP contribution is 2.26. The number of fused-ring (bicyclic) bond motifs is 1. The second-order valence-electron chi connectivity index (χ2n) is 4.22. The Hall–Kier alpha value is -2.70. The van der Waals surface area contributed by atoms with Gasteiger partial charge in [-0.25, -0.2) is 4.98 Å². The molecule has 0 fully saturated rings. The highest BCUT2D eigenvalue weighted by molar-refractivity contribution is 5.77. The lowest BCUT2D eigenvalue weighted by Gasteiger charge is -2.07. The van der Waals surface area contributed by atoms with E-state index in [1.807, 2.05) is 26.0 Å². The third-order valence-electron chi connectivity index (χ3n) is 2.69. The van der Waals surface area contributed by atoms with Gasteiger partial charge in [0.2, 0.25) is 5.95 Å². The number of anilines is 1. The van der Waals surface area contributed by atoms with Crippen LogP contribution in [-0.2, 0) is 0 Å². The predicted molar refractivity (Wildman–Crippen MR) is 74.9 cm³/mol. The van der Waals surface area contributed by atoms with Gasteiger partial charge in [-0.1, -0.05) is 0 Å². The van der Waals surface area contributed by atoms with E-state index in [2.05, 4.69) is 30.2 Å². The van der Waals surface area contributed by atoms with E-state index >= 15 is 0 Å². The third-order valence-corrected chi connectivity index (χ3v) is 2.69. The van der Waals surface area contributed by atoms with Crippen molar-refractivity contribution in [2.45, 2.75) is 13.8 Å². The summed E-state index contributed by atoms with van der Waals surface area (Å²) in [7, 11) is 0. The molecule has 3 aromatic rings. The summed E-state index contributed by atoms with van der Waals surface area (Å²) in [6.45, 7) is 4.62. The predicted octanol–water partition coefficient (Wildman–Crippen LogP) is 2.28. The fourth-order valence-corrected chi connectivity index (χ4v) is 1.74. The average Bonchev–Trinajstić information content (AvgIpc) is 2.90. The molecule has 0 spiro atoms. The van der Waals surface area contributed by atoms with Gasteiger partial charge in [0, 0.05) is 12.2 Å². The van der Waals surface area contributed by atoms with Crippen LogP contribution >= 0.6 is 0 Å². The van der Waals surface area contributed by atoms with E-state index < -0.39 is 0 Å². The van der Waals surface area contributed by atoms with Gasteiger partial charge in [-0.05, 0) is 26.0 Å². The molecule has 7 nitrogen and oxygen atoms in total. The van der Waals surface area contributed by atoms with Crippen LogP contribution in [0.25, 0.3) is 11.2 Å². The molecule has 20 heavy (non-hydrogen) atoms. The highest BCUT2D eigenvalue weighted by atomic mass is 16.5. The van der Waals surface area contributed by atoms with Gasteiger partial charge in [-0.15, -0.1) is 0 Å². The Labute approximate surface area is 115 Å². The van der Waals surface area contributed by atoms with Crippen LogP contribution in [0.15, 0.2) is 24.7 Å². The molecule has 3 rings (SSSR count). The Morgan fingerprint density at radius 1 is 1.25 bits per heavy atom. The van der Waals surface area contributed by atoms with Crippen LogP contribution in [0, 0.1) is 6.92 Å². The van der Waals surface area contributed by atoms with Crippen LogP contribution < -0.4 is 10.1 Å². The van der Waals surface area contributed by atoms with Gasteiger partial charge >= 0.3 is 0 Å². The summed E-state index contributed by atoms with van der Waals surface area (Å²) in [6.07, 6.45) is 3.22. The maximum atomic E-state index is 5.77. The Bertz CT molecular complexity index is 721. The van der Waals surface area contributed by atoms with E-state index in [9.17, 15) is 0 Å². The molecule has 0 aliphatic rings. The number of nitrogens with zero attached hydrogens (tertiary/aromatic N) is 4. The van der Waals surface area contributed by atoms with Gasteiger partial charge in [0.05, 0.1) is 12.5 Å². The number of H-pyrrole nitrogens is 1. The molecule has 3 aromatic heterocycles. The molecule has 0 atom stereocenters. The maximum absolute atomic E-state index is 5.77. The van der Waals surface area contributed by atoms with Crippen LogP contribution in [0.5, 0.6) is 11.6 Å². The minimum atomic E-state index is 0.425. The van der Waals surface area contributed by atoms with Crippen molar-refractivity contribution in [3.8, 4) is 11.6 Å². The number of ether oxygens (including phenoxy) is 1. The van der Waals surface area contributed by atoms with Gasteiger partial charge in [0.25, 0.3) is 5.88 Å². The van der Waals surface area contributed by atoms with E-state index in [0.29, 0.717) is 28.7 Å². The van der Waals surface area contributed by atoms with Crippen molar-refractivity contribution >= 4 is 17.1 Å². The van der Waals surface area contributed by atoms with Crippen LogP contribution in [-0.4, -0.2) is 31.5 Å². The largest absolute Gasteiger partial charge is 0.435 e. The van der Waals surface area contributed by atoms with Gasteiger partial charge in [-0.3, -0.25) is 4.98 Å². The Morgan fingerprint density at radius 2 is 2.15 bits per heavy atom. The van der Waals surface area contributed by atoms with Crippen molar-refractivity contribution in [2.75, 3.05) is 11.9 Å². The normalized spacial score (nSPS) is 10.7. The molecule has 2 N–H and O–H groups in total. The summed E-state index contributed by atoms with van der Waals surface area (Å²) < 4.78 is 5.77. The number of nitrogens with one attached hydrogen (secondary N) is 2. The summed E-state index contributed by atoms with van der Waals surface area (Å²) >= 11 is 0. The standard InChI is InChI=1S/C13H14N6O/c1-3-14-13-18-11-10(16-7-17-11)12(19-13)20-9-5-4-8(2)15-6-9/h4-7H,3H2,1-2H3,(H2,14,16,17,18,19). The third kappa shape index (κ3) is 2.37. The van der Waals surface area contributed by atoms with Crippen LogP contribution in [0.3, 0.4) is 0 Å². The highest BCUT2D eigenvalue weighted by Gasteiger charge is 2.11. The fourth-order valence-electron chi connectivity index (χ4n) is 1.74. The zero-order valence-corrected chi connectivity index (χ0v) is 11.2. The fraction of sp³-hybridized carbons (Fsp3) is 0.231. The lowest BCUT2D eigenvalue weighted by Crippen LogP contribution is -2.03. The van der Waals surface area contributed by atoms with E-state index in [1.165, 1.54) is 0 Å². The van der Waals surface area contributed by atoms with Crippen LogP contribution in [0.2, 0.25) is 0 Å². The molecule has 0 aliphatic carbocycles. The number of aryl methyl sites for hydroxylation is 1. The molecule has 7 heteroatoms. The number of hydrogen-bond acceptors (Lipinski definition) is 6. The van der Waals surface area contributed by atoms with Crippen LogP contribution in [0.4, 0.5) is 5.95 Å². The van der Waals surface area contributed by atoms with Crippen molar-refractivity contribution in [1.29, 1.82) is 0 Å². The van der Waals surface area contributed by atoms with Crippen LogP contribution in [0.1, 0.15) is 12.6 Å². The topological polar surface area (TPSA) is 88.6 Å². The SMILES string of the molecule is CCNc1nc(Oc2ccc(C)nc2)c2[nH]cnc2n1. The zero-order chi connectivity index (χ0) is 13.9. The molecular weight excluding hydrogens is 256 g/mol. The lowest BCUT2D eigenvalue weighted by molar-refractivity contribution is 0.465. The summed E-state index contributed by atoms with van der Waals surface area (Å²) in [5, 5.41) is 3.05. The summed E-state index contributed by atoms with van der Waals surface area (Å²) in [5.74, 6) is 1.53.